The molecule has 0 aliphatic heterocycles. The van der Waals surface area contributed by atoms with E-state index in [9.17, 15) is 18.0 Å². The predicted molar refractivity (Wildman–Crippen MR) is 67.5 cm³/mol. The molecular formula is C12H12F3N5O2. The summed E-state index contributed by atoms with van der Waals surface area (Å²) in [6, 6.07) is 4.88. The lowest BCUT2D eigenvalue weighted by Gasteiger charge is -2.15. The Hall–Kier alpha value is -2.65. The Labute approximate surface area is 123 Å². The first kappa shape index (κ1) is 15.7. The minimum atomic E-state index is -4.73. The summed E-state index contributed by atoms with van der Waals surface area (Å²) in [5.74, 6) is -0.640. The van der Waals surface area contributed by atoms with Crippen LogP contribution in [0.3, 0.4) is 0 Å². The smallest absolute Gasteiger partial charge is 0.406 e. The first-order chi connectivity index (χ1) is 10.3. The van der Waals surface area contributed by atoms with Crippen LogP contribution in [-0.4, -0.2) is 32.5 Å². The highest BCUT2D eigenvalue weighted by molar-refractivity contribution is 5.76. The number of benzene rings is 1. The molecule has 22 heavy (non-hydrogen) atoms. The summed E-state index contributed by atoms with van der Waals surface area (Å²) in [6.07, 6.45) is -3.43. The van der Waals surface area contributed by atoms with Crippen LogP contribution < -0.4 is 10.1 Å². The Bertz CT molecular complexity index is 613. The number of amides is 1. The lowest BCUT2D eigenvalue weighted by Crippen LogP contribution is -2.30. The second-order valence-electron chi connectivity index (χ2n) is 4.41. The van der Waals surface area contributed by atoms with Gasteiger partial charge in [-0.3, -0.25) is 4.79 Å². The maximum Gasteiger partial charge on any atom is 0.573 e. The van der Waals surface area contributed by atoms with Crippen LogP contribution in [0.25, 0.3) is 0 Å². The second-order valence-corrected chi connectivity index (χ2v) is 4.41. The van der Waals surface area contributed by atoms with Gasteiger partial charge in [0.1, 0.15) is 18.6 Å². The van der Waals surface area contributed by atoms with E-state index in [1.54, 1.807) is 6.92 Å². The molecule has 1 atom stereocenters. The van der Waals surface area contributed by atoms with Crippen LogP contribution in [0.5, 0.6) is 5.75 Å². The number of carbonyl (C=O) groups is 1. The molecule has 0 saturated carbocycles. The van der Waals surface area contributed by atoms with Crippen LogP contribution in [0.2, 0.25) is 0 Å². The molecule has 1 aromatic carbocycles. The van der Waals surface area contributed by atoms with E-state index in [4.69, 9.17) is 0 Å². The lowest BCUT2D eigenvalue weighted by molar-refractivity contribution is -0.274. The van der Waals surface area contributed by atoms with Gasteiger partial charge in [0.05, 0.1) is 6.04 Å². The number of hydrogen-bond acceptors (Lipinski definition) is 5. The molecule has 118 valence electrons. The van der Waals surface area contributed by atoms with Gasteiger partial charge in [-0.25, -0.2) is 4.68 Å². The molecule has 1 N–H and O–H groups in total. The number of carbonyl (C=O) groups excluding carboxylic acids is 1. The summed E-state index contributed by atoms with van der Waals surface area (Å²) in [7, 11) is 0. The molecule has 0 unspecified atom stereocenters. The van der Waals surface area contributed by atoms with Crippen LogP contribution in [0.15, 0.2) is 30.6 Å². The molecule has 1 heterocycles. The third kappa shape index (κ3) is 4.72. The highest BCUT2D eigenvalue weighted by Gasteiger charge is 2.31. The summed E-state index contributed by atoms with van der Waals surface area (Å²) in [4.78, 5) is 11.7. The van der Waals surface area contributed by atoms with Gasteiger partial charge in [0, 0.05) is 0 Å². The van der Waals surface area contributed by atoms with Crippen molar-refractivity contribution in [2.24, 2.45) is 0 Å². The molecule has 0 spiro atoms. The molecule has 0 radical (unpaired) electrons. The molecule has 0 bridgehead atoms. The van der Waals surface area contributed by atoms with Crippen LogP contribution in [0, 0.1) is 0 Å². The topological polar surface area (TPSA) is 81.9 Å². The van der Waals surface area contributed by atoms with Gasteiger partial charge in [0.15, 0.2) is 0 Å². The van der Waals surface area contributed by atoms with Crippen molar-refractivity contribution in [2.75, 3.05) is 0 Å². The minimum absolute atomic E-state index is 0.0490. The monoisotopic (exact) mass is 315 g/mol. The number of nitrogens with zero attached hydrogens (tertiary/aromatic N) is 4. The Morgan fingerprint density at radius 2 is 2.05 bits per heavy atom. The van der Waals surface area contributed by atoms with Crippen LogP contribution in [-0.2, 0) is 11.3 Å². The average molecular weight is 315 g/mol. The number of hydrogen-bond donors (Lipinski definition) is 1. The van der Waals surface area contributed by atoms with E-state index in [1.165, 1.54) is 35.3 Å². The molecular weight excluding hydrogens is 303 g/mol. The molecule has 0 fully saturated rings. The van der Waals surface area contributed by atoms with Gasteiger partial charge >= 0.3 is 6.36 Å². The van der Waals surface area contributed by atoms with Crippen molar-refractivity contribution in [3.63, 3.8) is 0 Å². The fraction of sp³-hybridized carbons (Fsp3) is 0.333. The summed E-state index contributed by atoms with van der Waals surface area (Å²) in [5.41, 5.74) is 0.639. The normalized spacial score (nSPS) is 12.7. The van der Waals surface area contributed by atoms with E-state index in [1.807, 2.05) is 0 Å². The molecule has 2 aromatic rings. The first-order valence-corrected chi connectivity index (χ1v) is 6.19. The maximum atomic E-state index is 12.1. The average Bonchev–Trinajstić information content (AvgIpc) is 2.90. The third-order valence-electron chi connectivity index (χ3n) is 2.69. The van der Waals surface area contributed by atoms with Crippen molar-refractivity contribution in [1.29, 1.82) is 0 Å². The molecule has 0 aliphatic carbocycles. The van der Waals surface area contributed by atoms with E-state index >= 15 is 0 Å². The summed E-state index contributed by atoms with van der Waals surface area (Å²) in [5, 5.41) is 13.0. The van der Waals surface area contributed by atoms with E-state index in [0.29, 0.717) is 5.56 Å². The largest absolute Gasteiger partial charge is 0.573 e. The van der Waals surface area contributed by atoms with Gasteiger partial charge in [-0.1, -0.05) is 12.1 Å². The van der Waals surface area contributed by atoms with Crippen molar-refractivity contribution in [1.82, 2.24) is 25.5 Å². The second kappa shape index (κ2) is 6.41. The van der Waals surface area contributed by atoms with Gasteiger partial charge in [-0.15, -0.1) is 18.3 Å². The SMILES string of the molecule is C[C@H](NC(=O)Cn1cnnn1)c1ccc(OC(F)(F)F)cc1. The number of nitrogens with one attached hydrogen (secondary N) is 1. The van der Waals surface area contributed by atoms with Crippen molar-refractivity contribution in [3.05, 3.63) is 36.2 Å². The zero-order valence-corrected chi connectivity index (χ0v) is 11.4. The fourth-order valence-electron chi connectivity index (χ4n) is 1.73. The van der Waals surface area contributed by atoms with Gasteiger partial charge in [-0.2, -0.15) is 0 Å². The lowest BCUT2D eigenvalue weighted by atomic mass is 10.1. The van der Waals surface area contributed by atoms with Crippen LogP contribution in [0.4, 0.5) is 13.2 Å². The van der Waals surface area contributed by atoms with Crippen molar-refractivity contribution < 1.29 is 22.7 Å². The summed E-state index contributed by atoms with van der Waals surface area (Å²) < 4.78 is 41.2. The van der Waals surface area contributed by atoms with Gasteiger partial charge in [-0.05, 0) is 35.0 Å². The highest BCUT2D eigenvalue weighted by Crippen LogP contribution is 2.24. The zero-order valence-electron chi connectivity index (χ0n) is 11.4. The van der Waals surface area contributed by atoms with Gasteiger partial charge in [0.2, 0.25) is 5.91 Å². The first-order valence-electron chi connectivity index (χ1n) is 6.19. The van der Waals surface area contributed by atoms with Crippen molar-refractivity contribution >= 4 is 5.91 Å². The van der Waals surface area contributed by atoms with Crippen molar-refractivity contribution in [3.8, 4) is 5.75 Å². The van der Waals surface area contributed by atoms with Gasteiger partial charge in [0.25, 0.3) is 0 Å². The Balaban J connectivity index is 1.92. The maximum absolute atomic E-state index is 12.1. The standard InChI is InChI=1S/C12H12F3N5O2/c1-8(17-11(21)6-20-7-16-18-19-20)9-2-4-10(5-3-9)22-12(13,14)15/h2-5,7-8H,6H2,1H3,(H,17,21)/t8-/m0/s1. The number of tetrazole rings is 1. The number of aromatic nitrogens is 4. The van der Waals surface area contributed by atoms with Gasteiger partial charge < -0.3 is 10.1 Å². The predicted octanol–water partition coefficient (Wildman–Crippen LogP) is 1.45. The fourth-order valence-corrected chi connectivity index (χ4v) is 1.73. The summed E-state index contributed by atoms with van der Waals surface area (Å²) >= 11 is 0. The Morgan fingerprint density at radius 1 is 1.36 bits per heavy atom. The summed E-state index contributed by atoms with van der Waals surface area (Å²) in [6.45, 7) is 1.66. The van der Waals surface area contributed by atoms with E-state index < -0.39 is 6.36 Å². The number of halogens is 3. The molecule has 7 nitrogen and oxygen atoms in total. The molecule has 1 amide bonds. The molecule has 2 rings (SSSR count). The third-order valence-corrected chi connectivity index (χ3v) is 2.69. The zero-order chi connectivity index (χ0) is 16.2. The van der Waals surface area contributed by atoms with E-state index in [2.05, 4.69) is 25.6 Å². The van der Waals surface area contributed by atoms with Crippen LogP contribution >= 0.6 is 0 Å². The molecule has 1 aromatic heterocycles. The van der Waals surface area contributed by atoms with E-state index in [0.717, 1.165) is 0 Å². The van der Waals surface area contributed by atoms with Crippen molar-refractivity contribution in [2.45, 2.75) is 25.9 Å². The molecule has 0 aliphatic rings. The van der Waals surface area contributed by atoms with E-state index in [-0.39, 0.29) is 24.2 Å². The molecule has 10 heteroatoms. The number of alkyl halides is 3. The quantitative estimate of drug-likeness (QED) is 0.903. The van der Waals surface area contributed by atoms with Crippen LogP contribution in [0.1, 0.15) is 18.5 Å². The Morgan fingerprint density at radius 3 is 2.59 bits per heavy atom. The minimum Gasteiger partial charge on any atom is -0.406 e. The molecule has 0 saturated heterocycles. The number of ether oxygens (including phenoxy) is 1. The highest BCUT2D eigenvalue weighted by atomic mass is 19.4. The Kier molecular flexibility index (Phi) is 4.59. The number of rotatable bonds is 5.